The van der Waals surface area contributed by atoms with E-state index < -0.39 is 30.7 Å². The lowest BCUT2D eigenvalue weighted by molar-refractivity contribution is -0.147. The molecular formula is C19H21BrN2O5. The SMILES string of the molecule is CC1CCC2(CC1)NC(=O)N(CC(=O)OCC(=O)c1ccc(Br)cc1)C2=O. The number of Topliss-reactive ketones (excluding diaryl/α,β-unsaturated/α-hetero) is 1. The molecule has 2 aliphatic rings. The summed E-state index contributed by atoms with van der Waals surface area (Å²) in [5.41, 5.74) is -0.479. The number of halogens is 1. The van der Waals surface area contributed by atoms with Crippen LogP contribution in [-0.2, 0) is 14.3 Å². The van der Waals surface area contributed by atoms with E-state index >= 15 is 0 Å². The van der Waals surface area contributed by atoms with Crippen molar-refractivity contribution < 1.29 is 23.9 Å². The lowest BCUT2D eigenvalue weighted by Gasteiger charge is -2.33. The Morgan fingerprint density at radius 1 is 1.22 bits per heavy atom. The number of ether oxygens (including phenoxy) is 1. The fraction of sp³-hybridized carbons (Fsp3) is 0.474. The zero-order valence-corrected chi connectivity index (χ0v) is 16.6. The molecule has 1 saturated heterocycles. The predicted octanol–water partition coefficient (Wildman–Crippen LogP) is 2.68. The second kappa shape index (κ2) is 7.80. The quantitative estimate of drug-likeness (QED) is 0.435. The molecule has 1 aliphatic heterocycles. The monoisotopic (exact) mass is 436 g/mol. The molecular weight excluding hydrogens is 416 g/mol. The van der Waals surface area contributed by atoms with E-state index in [-0.39, 0.29) is 11.7 Å². The first-order valence-corrected chi connectivity index (χ1v) is 9.68. The molecule has 2 fully saturated rings. The molecule has 0 radical (unpaired) electrons. The van der Waals surface area contributed by atoms with Crippen molar-refractivity contribution in [2.24, 2.45) is 5.92 Å². The van der Waals surface area contributed by atoms with Crippen molar-refractivity contribution in [2.75, 3.05) is 13.2 Å². The highest BCUT2D eigenvalue weighted by atomic mass is 79.9. The lowest BCUT2D eigenvalue weighted by atomic mass is 9.77. The third kappa shape index (κ3) is 4.21. The molecule has 3 amide bonds. The Balaban J connectivity index is 1.54. The third-order valence-corrected chi connectivity index (χ3v) is 5.72. The molecule has 1 spiro atoms. The molecule has 8 heteroatoms. The van der Waals surface area contributed by atoms with Crippen molar-refractivity contribution in [1.29, 1.82) is 0 Å². The number of nitrogens with zero attached hydrogens (tertiary/aromatic N) is 1. The van der Waals surface area contributed by atoms with Gasteiger partial charge in [-0.3, -0.25) is 19.3 Å². The van der Waals surface area contributed by atoms with Crippen molar-refractivity contribution in [3.05, 3.63) is 34.3 Å². The Morgan fingerprint density at radius 3 is 2.48 bits per heavy atom. The molecule has 7 nitrogen and oxygen atoms in total. The smallest absolute Gasteiger partial charge is 0.326 e. The molecule has 1 N–H and O–H groups in total. The van der Waals surface area contributed by atoms with Gasteiger partial charge in [0.05, 0.1) is 0 Å². The number of rotatable bonds is 5. The van der Waals surface area contributed by atoms with E-state index in [1.54, 1.807) is 24.3 Å². The molecule has 1 heterocycles. The van der Waals surface area contributed by atoms with Gasteiger partial charge in [0, 0.05) is 10.0 Å². The maximum absolute atomic E-state index is 12.7. The van der Waals surface area contributed by atoms with Gasteiger partial charge in [-0.2, -0.15) is 0 Å². The summed E-state index contributed by atoms with van der Waals surface area (Å²) in [6.45, 7) is 1.19. The number of carbonyl (C=O) groups excluding carboxylic acids is 4. The van der Waals surface area contributed by atoms with E-state index in [1.165, 1.54) is 0 Å². The zero-order chi connectivity index (χ0) is 19.6. The predicted molar refractivity (Wildman–Crippen MR) is 100 cm³/mol. The zero-order valence-electron chi connectivity index (χ0n) is 15.0. The van der Waals surface area contributed by atoms with Gasteiger partial charge in [-0.25, -0.2) is 4.79 Å². The Hall–Kier alpha value is -2.22. The third-order valence-electron chi connectivity index (χ3n) is 5.19. The average molecular weight is 437 g/mol. The van der Waals surface area contributed by atoms with Crippen LogP contribution in [0.15, 0.2) is 28.7 Å². The second-order valence-corrected chi connectivity index (χ2v) is 8.09. The molecule has 144 valence electrons. The normalized spacial score (nSPS) is 24.8. The fourth-order valence-corrected chi connectivity index (χ4v) is 3.72. The molecule has 1 aromatic carbocycles. The van der Waals surface area contributed by atoms with E-state index in [4.69, 9.17) is 4.74 Å². The van der Waals surface area contributed by atoms with E-state index in [2.05, 4.69) is 28.2 Å². The van der Waals surface area contributed by atoms with Crippen LogP contribution in [0.1, 0.15) is 43.0 Å². The minimum Gasteiger partial charge on any atom is -0.456 e. The number of carbonyl (C=O) groups is 4. The first-order chi connectivity index (χ1) is 12.8. The van der Waals surface area contributed by atoms with Crippen LogP contribution in [0.3, 0.4) is 0 Å². The Kier molecular flexibility index (Phi) is 5.64. The summed E-state index contributed by atoms with van der Waals surface area (Å²) in [6, 6.07) is 6.09. The summed E-state index contributed by atoms with van der Waals surface area (Å²) in [6.07, 6.45) is 2.86. The lowest BCUT2D eigenvalue weighted by Crippen LogP contribution is -2.49. The van der Waals surface area contributed by atoms with E-state index in [0.29, 0.717) is 24.3 Å². The Labute approximate surface area is 165 Å². The van der Waals surface area contributed by atoms with Crippen LogP contribution < -0.4 is 5.32 Å². The number of benzene rings is 1. The van der Waals surface area contributed by atoms with Crippen LogP contribution in [0.2, 0.25) is 0 Å². The van der Waals surface area contributed by atoms with Gasteiger partial charge in [0.2, 0.25) is 0 Å². The number of esters is 1. The maximum Gasteiger partial charge on any atom is 0.326 e. The molecule has 1 aromatic rings. The van der Waals surface area contributed by atoms with Crippen molar-refractivity contribution in [3.63, 3.8) is 0 Å². The van der Waals surface area contributed by atoms with Gasteiger partial charge < -0.3 is 10.1 Å². The molecule has 27 heavy (non-hydrogen) atoms. The summed E-state index contributed by atoms with van der Waals surface area (Å²) in [4.78, 5) is 49.9. The number of hydrogen-bond acceptors (Lipinski definition) is 5. The summed E-state index contributed by atoms with van der Waals surface area (Å²) in [5.74, 6) is -1.00. The number of hydrogen-bond donors (Lipinski definition) is 1. The number of urea groups is 1. The van der Waals surface area contributed by atoms with Crippen LogP contribution in [-0.4, -0.2) is 47.3 Å². The summed E-state index contributed by atoms with van der Waals surface area (Å²) in [7, 11) is 0. The summed E-state index contributed by atoms with van der Waals surface area (Å²) >= 11 is 3.28. The first-order valence-electron chi connectivity index (χ1n) is 8.89. The number of nitrogens with one attached hydrogen (secondary N) is 1. The van der Waals surface area contributed by atoms with Crippen molar-refractivity contribution in [3.8, 4) is 0 Å². The van der Waals surface area contributed by atoms with E-state index in [0.717, 1.165) is 22.2 Å². The summed E-state index contributed by atoms with van der Waals surface area (Å²) in [5, 5.41) is 2.75. The van der Waals surface area contributed by atoms with Gasteiger partial charge in [-0.1, -0.05) is 35.0 Å². The first kappa shape index (κ1) is 19.5. The van der Waals surface area contributed by atoms with Gasteiger partial charge in [0.1, 0.15) is 12.1 Å². The van der Waals surface area contributed by atoms with Crippen molar-refractivity contribution in [1.82, 2.24) is 10.2 Å². The van der Waals surface area contributed by atoms with E-state index in [1.807, 2.05) is 0 Å². The highest BCUT2D eigenvalue weighted by molar-refractivity contribution is 9.10. The van der Waals surface area contributed by atoms with Gasteiger partial charge in [-0.05, 0) is 43.7 Å². The summed E-state index contributed by atoms with van der Waals surface area (Å²) < 4.78 is 5.80. The van der Waals surface area contributed by atoms with Gasteiger partial charge >= 0.3 is 12.0 Å². The largest absolute Gasteiger partial charge is 0.456 e. The molecule has 0 bridgehead atoms. The number of ketones is 1. The molecule has 1 saturated carbocycles. The number of amides is 3. The second-order valence-electron chi connectivity index (χ2n) is 7.18. The molecule has 0 atom stereocenters. The van der Waals surface area contributed by atoms with Crippen molar-refractivity contribution in [2.45, 2.75) is 38.1 Å². The minimum absolute atomic E-state index is 0.356. The maximum atomic E-state index is 12.7. The van der Waals surface area contributed by atoms with Crippen LogP contribution in [0.5, 0.6) is 0 Å². The topological polar surface area (TPSA) is 92.8 Å². The Morgan fingerprint density at radius 2 is 1.85 bits per heavy atom. The highest BCUT2D eigenvalue weighted by Gasteiger charge is 2.52. The number of imide groups is 1. The van der Waals surface area contributed by atoms with Crippen LogP contribution in [0.4, 0.5) is 4.79 Å². The van der Waals surface area contributed by atoms with Crippen molar-refractivity contribution >= 4 is 39.6 Å². The van der Waals surface area contributed by atoms with Gasteiger partial charge in [0.25, 0.3) is 5.91 Å². The standard InChI is InChI=1S/C19H21BrN2O5/c1-12-6-8-19(9-7-12)17(25)22(18(26)21-19)10-16(24)27-11-15(23)13-2-4-14(20)5-3-13/h2-5,12H,6-11H2,1H3,(H,21,26). The van der Waals surface area contributed by atoms with Crippen LogP contribution in [0.25, 0.3) is 0 Å². The molecule has 0 aromatic heterocycles. The average Bonchev–Trinajstić information content (AvgIpc) is 2.87. The highest BCUT2D eigenvalue weighted by Crippen LogP contribution is 2.36. The van der Waals surface area contributed by atoms with Gasteiger partial charge in [0.15, 0.2) is 12.4 Å². The molecule has 0 unspecified atom stereocenters. The van der Waals surface area contributed by atoms with Crippen LogP contribution >= 0.6 is 15.9 Å². The van der Waals surface area contributed by atoms with Crippen LogP contribution in [0, 0.1) is 5.92 Å². The Bertz CT molecular complexity index is 769. The van der Waals surface area contributed by atoms with Gasteiger partial charge in [-0.15, -0.1) is 0 Å². The molecule has 1 aliphatic carbocycles. The minimum atomic E-state index is -0.892. The molecule has 3 rings (SSSR count). The fourth-order valence-electron chi connectivity index (χ4n) is 3.45. The van der Waals surface area contributed by atoms with E-state index in [9.17, 15) is 19.2 Å².